The van der Waals surface area contributed by atoms with Crippen LogP contribution in [0.25, 0.3) is 0 Å². The van der Waals surface area contributed by atoms with Crippen LogP contribution in [0, 0.1) is 4.91 Å². The number of rotatable bonds is 3. The molecule has 0 aliphatic rings. The van der Waals surface area contributed by atoms with Gasteiger partial charge in [0.1, 0.15) is 12.3 Å². The van der Waals surface area contributed by atoms with E-state index in [1.807, 2.05) is 0 Å². The minimum Gasteiger partial charge on any atom is -0.497 e. The van der Waals surface area contributed by atoms with Gasteiger partial charge in [0.2, 0.25) is 0 Å². The quantitative estimate of drug-likeness (QED) is 0.733. The number of benzene rings is 1. The summed E-state index contributed by atoms with van der Waals surface area (Å²) in [5, 5.41) is 3.51. The van der Waals surface area contributed by atoms with Gasteiger partial charge in [-0.05, 0) is 12.1 Å². The zero-order valence-electron chi connectivity index (χ0n) is 6.88. The Labute approximate surface area is 85.6 Å². The molecule has 0 fully saturated rings. The summed E-state index contributed by atoms with van der Waals surface area (Å²) >= 11 is 11.7. The second-order valence-corrected chi connectivity index (χ2v) is 3.17. The van der Waals surface area contributed by atoms with Gasteiger partial charge in [-0.15, -0.1) is 0 Å². The molecule has 0 amide bonds. The van der Waals surface area contributed by atoms with E-state index in [0.29, 0.717) is 21.4 Å². The molecule has 3 nitrogen and oxygen atoms in total. The monoisotopic (exact) mass is 219 g/mol. The molecule has 0 saturated carbocycles. The van der Waals surface area contributed by atoms with Crippen molar-refractivity contribution in [2.75, 3.05) is 7.11 Å². The van der Waals surface area contributed by atoms with Gasteiger partial charge in [0, 0.05) is 5.56 Å². The number of ether oxygens (including phenoxy) is 1. The van der Waals surface area contributed by atoms with Gasteiger partial charge in [-0.25, -0.2) is 0 Å². The molecule has 0 N–H and O–H groups in total. The summed E-state index contributed by atoms with van der Waals surface area (Å²) in [6, 6.07) is 3.18. The van der Waals surface area contributed by atoms with Crippen LogP contribution in [0.1, 0.15) is 5.56 Å². The molecule has 1 rings (SSSR count). The summed E-state index contributed by atoms with van der Waals surface area (Å²) in [7, 11) is 1.51. The minimum atomic E-state index is -0.0261. The van der Waals surface area contributed by atoms with Gasteiger partial charge in [-0.1, -0.05) is 28.4 Å². The van der Waals surface area contributed by atoms with Crippen molar-refractivity contribution in [2.45, 2.75) is 6.54 Å². The van der Waals surface area contributed by atoms with Crippen LogP contribution in [-0.2, 0) is 6.54 Å². The fourth-order valence-corrected chi connectivity index (χ4v) is 1.50. The number of hydrogen-bond acceptors (Lipinski definition) is 3. The number of halogens is 2. The van der Waals surface area contributed by atoms with Gasteiger partial charge in [0.15, 0.2) is 0 Å². The third-order valence-electron chi connectivity index (χ3n) is 1.57. The van der Waals surface area contributed by atoms with Gasteiger partial charge >= 0.3 is 0 Å². The molecule has 0 saturated heterocycles. The first-order chi connectivity index (χ1) is 6.19. The van der Waals surface area contributed by atoms with Crippen LogP contribution in [0.5, 0.6) is 5.75 Å². The summed E-state index contributed by atoms with van der Waals surface area (Å²) in [4.78, 5) is 10.0. The SMILES string of the molecule is COc1cc(Cl)c(CN=O)c(Cl)c1. The van der Waals surface area contributed by atoms with E-state index >= 15 is 0 Å². The molecule has 0 atom stereocenters. The third-order valence-corrected chi connectivity index (χ3v) is 2.25. The number of methoxy groups -OCH3 is 1. The Hall–Kier alpha value is -0.800. The van der Waals surface area contributed by atoms with E-state index in [2.05, 4.69) is 5.18 Å². The highest BCUT2D eigenvalue weighted by molar-refractivity contribution is 6.36. The van der Waals surface area contributed by atoms with E-state index in [0.717, 1.165) is 0 Å². The Bertz CT molecular complexity index is 305. The molecule has 1 aromatic rings. The molecule has 0 radical (unpaired) electrons. The van der Waals surface area contributed by atoms with E-state index in [9.17, 15) is 4.91 Å². The molecular formula is C8H7Cl2NO2. The van der Waals surface area contributed by atoms with Crippen LogP contribution >= 0.6 is 23.2 Å². The largest absolute Gasteiger partial charge is 0.497 e. The zero-order valence-corrected chi connectivity index (χ0v) is 8.39. The average Bonchev–Trinajstić information content (AvgIpc) is 2.11. The average molecular weight is 220 g/mol. The Morgan fingerprint density at radius 2 is 1.92 bits per heavy atom. The highest BCUT2D eigenvalue weighted by Gasteiger charge is 2.08. The van der Waals surface area contributed by atoms with Crippen molar-refractivity contribution in [3.8, 4) is 5.75 Å². The molecule has 0 bridgehead atoms. The molecule has 0 aliphatic carbocycles. The van der Waals surface area contributed by atoms with Crippen LogP contribution in [-0.4, -0.2) is 7.11 Å². The highest BCUT2D eigenvalue weighted by atomic mass is 35.5. The molecule has 0 aromatic heterocycles. The second-order valence-electron chi connectivity index (χ2n) is 2.36. The van der Waals surface area contributed by atoms with Gasteiger partial charge in [0.25, 0.3) is 0 Å². The van der Waals surface area contributed by atoms with Gasteiger partial charge < -0.3 is 4.74 Å². The molecule has 0 aliphatic heterocycles. The maximum atomic E-state index is 10.0. The lowest BCUT2D eigenvalue weighted by Crippen LogP contribution is -1.88. The fourth-order valence-electron chi connectivity index (χ4n) is 0.913. The highest BCUT2D eigenvalue weighted by Crippen LogP contribution is 2.30. The molecule has 0 spiro atoms. The van der Waals surface area contributed by atoms with Crippen molar-refractivity contribution in [1.82, 2.24) is 0 Å². The predicted molar refractivity (Wildman–Crippen MR) is 52.5 cm³/mol. The minimum absolute atomic E-state index is 0.0261. The van der Waals surface area contributed by atoms with Gasteiger partial charge in [-0.2, -0.15) is 4.91 Å². The van der Waals surface area contributed by atoms with E-state index in [1.54, 1.807) is 12.1 Å². The maximum Gasteiger partial charge on any atom is 0.121 e. The Kier molecular flexibility index (Phi) is 3.51. The Morgan fingerprint density at radius 1 is 1.38 bits per heavy atom. The Balaban J connectivity index is 3.14. The summed E-state index contributed by atoms with van der Waals surface area (Å²) < 4.78 is 4.93. The van der Waals surface area contributed by atoms with Crippen molar-refractivity contribution in [1.29, 1.82) is 0 Å². The van der Waals surface area contributed by atoms with Crippen LogP contribution < -0.4 is 4.74 Å². The van der Waals surface area contributed by atoms with E-state index in [1.165, 1.54) is 7.11 Å². The molecule has 1 aromatic carbocycles. The number of hydrogen-bond donors (Lipinski definition) is 0. The van der Waals surface area contributed by atoms with Crippen LogP contribution in [0.3, 0.4) is 0 Å². The van der Waals surface area contributed by atoms with E-state index in [4.69, 9.17) is 27.9 Å². The molecule has 0 heterocycles. The van der Waals surface area contributed by atoms with Crippen LogP contribution in [0.4, 0.5) is 0 Å². The molecule has 5 heteroatoms. The molecular weight excluding hydrogens is 213 g/mol. The fraction of sp³-hybridized carbons (Fsp3) is 0.250. The lowest BCUT2D eigenvalue weighted by Gasteiger charge is -2.05. The summed E-state index contributed by atoms with van der Waals surface area (Å²) in [6.45, 7) is -0.0261. The van der Waals surface area contributed by atoms with Crippen molar-refractivity contribution in [2.24, 2.45) is 5.18 Å². The predicted octanol–water partition coefficient (Wildman–Crippen LogP) is 3.27. The molecule has 0 unspecified atom stereocenters. The van der Waals surface area contributed by atoms with Crippen molar-refractivity contribution in [3.63, 3.8) is 0 Å². The summed E-state index contributed by atoms with van der Waals surface area (Å²) in [5.41, 5.74) is 0.527. The summed E-state index contributed by atoms with van der Waals surface area (Å²) in [5.74, 6) is 0.560. The standard InChI is InChI=1S/C8H7Cl2NO2/c1-13-5-2-7(9)6(4-11-12)8(10)3-5/h2-3H,4H2,1H3. The molecule has 70 valence electrons. The first-order valence-corrected chi connectivity index (χ1v) is 4.25. The van der Waals surface area contributed by atoms with E-state index in [-0.39, 0.29) is 6.54 Å². The summed E-state index contributed by atoms with van der Waals surface area (Å²) in [6.07, 6.45) is 0. The first-order valence-electron chi connectivity index (χ1n) is 3.50. The normalized spacial score (nSPS) is 9.77. The van der Waals surface area contributed by atoms with Crippen molar-refractivity contribution >= 4 is 23.2 Å². The van der Waals surface area contributed by atoms with E-state index < -0.39 is 0 Å². The topological polar surface area (TPSA) is 38.7 Å². The Morgan fingerprint density at radius 3 is 2.31 bits per heavy atom. The lowest BCUT2D eigenvalue weighted by atomic mass is 10.2. The first kappa shape index (κ1) is 10.3. The maximum absolute atomic E-state index is 10.0. The molecule has 13 heavy (non-hydrogen) atoms. The van der Waals surface area contributed by atoms with Gasteiger partial charge in [-0.3, -0.25) is 0 Å². The van der Waals surface area contributed by atoms with Crippen molar-refractivity contribution < 1.29 is 4.74 Å². The van der Waals surface area contributed by atoms with Crippen LogP contribution in [0.2, 0.25) is 10.0 Å². The second kappa shape index (κ2) is 4.44. The smallest absolute Gasteiger partial charge is 0.121 e. The lowest BCUT2D eigenvalue weighted by molar-refractivity contribution is 0.414. The van der Waals surface area contributed by atoms with Crippen molar-refractivity contribution in [3.05, 3.63) is 32.6 Å². The van der Waals surface area contributed by atoms with Gasteiger partial charge in [0.05, 0.1) is 17.2 Å². The number of nitrogens with zero attached hydrogens (tertiary/aromatic N) is 1. The van der Waals surface area contributed by atoms with Crippen LogP contribution in [0.15, 0.2) is 17.3 Å². The zero-order chi connectivity index (χ0) is 9.84. The number of nitroso groups, excluding NO2 is 1. The third kappa shape index (κ3) is 2.32.